The summed E-state index contributed by atoms with van der Waals surface area (Å²) in [5.41, 5.74) is 1.42. The zero-order valence-corrected chi connectivity index (χ0v) is 18.3. The van der Waals surface area contributed by atoms with Crippen molar-refractivity contribution in [1.29, 1.82) is 0 Å². The lowest BCUT2D eigenvalue weighted by Crippen LogP contribution is -2.46. The van der Waals surface area contributed by atoms with Gasteiger partial charge in [0, 0.05) is 45.8 Å². The molecule has 31 heavy (non-hydrogen) atoms. The first-order chi connectivity index (χ1) is 14.8. The second kappa shape index (κ2) is 10.5. The molecule has 0 atom stereocenters. The number of benzene rings is 1. The van der Waals surface area contributed by atoms with Crippen LogP contribution in [0.2, 0.25) is 0 Å². The van der Waals surface area contributed by atoms with E-state index in [2.05, 4.69) is 32.3 Å². The quantitative estimate of drug-likeness (QED) is 0.413. The minimum atomic E-state index is -4.11. The number of piperazine rings is 1. The van der Waals surface area contributed by atoms with Crippen LogP contribution in [-0.4, -0.2) is 62.8 Å². The Morgan fingerprint density at radius 3 is 2.32 bits per heavy atom. The number of guanidine groups is 1. The topological polar surface area (TPSA) is 42.9 Å². The number of alkyl halides is 3. The summed E-state index contributed by atoms with van der Waals surface area (Å²) in [5.74, 6) is -0.916. The molecule has 5 nitrogen and oxygen atoms in total. The molecule has 2 aliphatic rings. The van der Waals surface area contributed by atoms with Gasteiger partial charge < -0.3 is 20.4 Å². The number of anilines is 1. The highest BCUT2D eigenvalue weighted by Crippen LogP contribution is 2.37. The van der Waals surface area contributed by atoms with Crippen molar-refractivity contribution in [3.05, 3.63) is 29.6 Å². The third kappa shape index (κ3) is 6.48. The smallest absolute Gasteiger partial charge is 0.367 e. The van der Waals surface area contributed by atoms with Gasteiger partial charge in [0.1, 0.15) is 5.82 Å². The number of nitrogens with zero attached hydrogens (tertiary/aromatic N) is 3. The lowest BCUT2D eigenvalue weighted by atomic mass is 9.85. The highest BCUT2D eigenvalue weighted by molar-refractivity contribution is 5.80. The summed E-state index contributed by atoms with van der Waals surface area (Å²) >= 11 is 0. The number of likely N-dealkylation sites (N-methyl/N-ethyl adjacent to an activating group) is 1. The molecule has 1 saturated heterocycles. The maximum Gasteiger partial charge on any atom is 0.391 e. The molecule has 0 aromatic heterocycles. The van der Waals surface area contributed by atoms with Crippen molar-refractivity contribution in [3.63, 3.8) is 0 Å². The van der Waals surface area contributed by atoms with Crippen molar-refractivity contribution in [1.82, 2.24) is 15.5 Å². The van der Waals surface area contributed by atoms with E-state index >= 15 is 0 Å². The van der Waals surface area contributed by atoms with Crippen LogP contribution in [0.25, 0.3) is 0 Å². The summed E-state index contributed by atoms with van der Waals surface area (Å²) in [6, 6.07) is 5.23. The first-order valence-corrected chi connectivity index (χ1v) is 11.1. The molecule has 1 aliphatic carbocycles. The molecule has 0 bridgehead atoms. The number of hydrogen-bond donors (Lipinski definition) is 2. The van der Waals surface area contributed by atoms with Crippen molar-refractivity contribution in [2.24, 2.45) is 10.9 Å². The predicted molar refractivity (Wildman–Crippen MR) is 116 cm³/mol. The second-order valence-corrected chi connectivity index (χ2v) is 8.37. The third-order valence-electron chi connectivity index (χ3n) is 6.39. The molecule has 174 valence electrons. The third-order valence-corrected chi connectivity index (χ3v) is 6.39. The van der Waals surface area contributed by atoms with Crippen LogP contribution in [0.4, 0.5) is 23.2 Å². The van der Waals surface area contributed by atoms with Crippen LogP contribution in [0.1, 0.15) is 38.2 Å². The Balaban J connectivity index is 1.48. The molecular formula is C22H33F4N5. The van der Waals surface area contributed by atoms with Gasteiger partial charge >= 0.3 is 6.18 Å². The fourth-order valence-electron chi connectivity index (χ4n) is 4.36. The van der Waals surface area contributed by atoms with Gasteiger partial charge in [-0.3, -0.25) is 4.99 Å². The van der Waals surface area contributed by atoms with E-state index in [1.54, 1.807) is 7.05 Å². The monoisotopic (exact) mass is 443 g/mol. The number of halogens is 4. The van der Waals surface area contributed by atoms with Crippen LogP contribution < -0.4 is 15.5 Å². The molecule has 9 heteroatoms. The Morgan fingerprint density at radius 2 is 1.77 bits per heavy atom. The van der Waals surface area contributed by atoms with Crippen molar-refractivity contribution < 1.29 is 17.6 Å². The van der Waals surface area contributed by atoms with Crippen molar-refractivity contribution in [2.75, 3.05) is 44.7 Å². The first-order valence-electron chi connectivity index (χ1n) is 11.1. The largest absolute Gasteiger partial charge is 0.391 e. The normalized spacial score (nSPS) is 23.7. The Kier molecular flexibility index (Phi) is 8.02. The fourth-order valence-corrected chi connectivity index (χ4v) is 4.36. The maximum atomic E-state index is 14.7. The molecule has 1 aromatic rings. The molecule has 0 spiro atoms. The van der Waals surface area contributed by atoms with Crippen molar-refractivity contribution in [2.45, 2.75) is 51.4 Å². The van der Waals surface area contributed by atoms with Gasteiger partial charge in [-0.05, 0) is 49.9 Å². The van der Waals surface area contributed by atoms with Crippen LogP contribution in [0.3, 0.4) is 0 Å². The van der Waals surface area contributed by atoms with E-state index in [1.807, 2.05) is 12.1 Å². The number of nitrogens with one attached hydrogen (secondary N) is 2. The first kappa shape index (κ1) is 23.6. The standard InChI is InChI=1S/C22H33F4N5/c1-3-30-10-12-31(13-11-30)20-9-4-16(14-19(20)23)15-28-21(27-2)29-18-7-5-17(6-8-18)22(24,25)26/h4,9,14,17-18H,3,5-8,10-13,15H2,1-2H3,(H2,27,28,29). The van der Waals surface area contributed by atoms with E-state index in [0.29, 0.717) is 31.0 Å². The van der Waals surface area contributed by atoms with Gasteiger partial charge in [-0.25, -0.2) is 4.39 Å². The van der Waals surface area contributed by atoms with E-state index < -0.39 is 12.1 Å². The summed E-state index contributed by atoms with van der Waals surface area (Å²) in [6.07, 6.45) is -2.92. The maximum absolute atomic E-state index is 14.7. The molecule has 3 rings (SSSR count). The van der Waals surface area contributed by atoms with Crippen LogP contribution in [0.15, 0.2) is 23.2 Å². The molecule has 2 fully saturated rings. The Labute approximate surface area is 181 Å². The van der Waals surface area contributed by atoms with Gasteiger partial charge in [-0.15, -0.1) is 0 Å². The van der Waals surface area contributed by atoms with E-state index in [-0.39, 0.29) is 24.7 Å². The van der Waals surface area contributed by atoms with Gasteiger partial charge in [-0.1, -0.05) is 13.0 Å². The van der Waals surface area contributed by atoms with Gasteiger partial charge in [0.25, 0.3) is 0 Å². The molecule has 1 heterocycles. The summed E-state index contributed by atoms with van der Waals surface area (Å²) in [7, 11) is 1.62. The molecule has 0 amide bonds. The molecule has 0 radical (unpaired) electrons. The van der Waals surface area contributed by atoms with E-state index in [1.165, 1.54) is 6.07 Å². The van der Waals surface area contributed by atoms with E-state index in [9.17, 15) is 17.6 Å². The molecule has 1 saturated carbocycles. The lowest BCUT2D eigenvalue weighted by molar-refractivity contribution is -0.182. The van der Waals surface area contributed by atoms with Gasteiger partial charge in [0.15, 0.2) is 5.96 Å². The number of aliphatic imine (C=N–C) groups is 1. The van der Waals surface area contributed by atoms with Gasteiger partial charge in [0.05, 0.1) is 11.6 Å². The van der Waals surface area contributed by atoms with Gasteiger partial charge in [-0.2, -0.15) is 13.2 Å². The molecule has 1 aliphatic heterocycles. The molecule has 2 N–H and O–H groups in total. The molecule has 0 unspecified atom stereocenters. The average Bonchev–Trinajstić information content (AvgIpc) is 2.76. The summed E-state index contributed by atoms with van der Waals surface area (Å²) in [6.45, 7) is 7.04. The van der Waals surface area contributed by atoms with Crippen LogP contribution in [0, 0.1) is 11.7 Å². The SMILES string of the molecule is CCN1CCN(c2ccc(CNC(=NC)NC3CCC(C(F)(F)F)CC3)cc2F)CC1. The van der Waals surface area contributed by atoms with E-state index in [4.69, 9.17) is 0 Å². The zero-order chi connectivity index (χ0) is 22.4. The highest BCUT2D eigenvalue weighted by Gasteiger charge is 2.41. The Morgan fingerprint density at radius 1 is 1.10 bits per heavy atom. The molecule has 1 aromatic carbocycles. The van der Waals surface area contributed by atoms with Gasteiger partial charge in [0.2, 0.25) is 0 Å². The molecular weight excluding hydrogens is 410 g/mol. The zero-order valence-electron chi connectivity index (χ0n) is 18.3. The van der Waals surface area contributed by atoms with E-state index in [0.717, 1.165) is 38.3 Å². The average molecular weight is 444 g/mol. The number of rotatable bonds is 5. The summed E-state index contributed by atoms with van der Waals surface area (Å²) < 4.78 is 53.2. The number of hydrogen-bond acceptors (Lipinski definition) is 3. The minimum Gasteiger partial charge on any atom is -0.367 e. The highest BCUT2D eigenvalue weighted by atomic mass is 19.4. The van der Waals surface area contributed by atoms with Crippen LogP contribution in [-0.2, 0) is 6.54 Å². The van der Waals surface area contributed by atoms with Crippen LogP contribution in [0.5, 0.6) is 0 Å². The predicted octanol–water partition coefficient (Wildman–Crippen LogP) is 3.75. The lowest BCUT2D eigenvalue weighted by Gasteiger charge is -2.35. The minimum absolute atomic E-state index is 0.0364. The van der Waals surface area contributed by atoms with Crippen molar-refractivity contribution >= 4 is 11.6 Å². The summed E-state index contributed by atoms with van der Waals surface area (Å²) in [5, 5.41) is 6.34. The van der Waals surface area contributed by atoms with Crippen molar-refractivity contribution in [3.8, 4) is 0 Å². The fraction of sp³-hybridized carbons (Fsp3) is 0.682. The van der Waals surface area contributed by atoms with Crippen LogP contribution >= 0.6 is 0 Å². The second-order valence-electron chi connectivity index (χ2n) is 8.37. The summed E-state index contributed by atoms with van der Waals surface area (Å²) in [4.78, 5) is 8.59. The Hall–Kier alpha value is -2.03. The Bertz CT molecular complexity index is 736.